The van der Waals surface area contributed by atoms with E-state index >= 15 is 0 Å². The van der Waals surface area contributed by atoms with Crippen LogP contribution in [-0.4, -0.2) is 28.5 Å². The summed E-state index contributed by atoms with van der Waals surface area (Å²) in [5.74, 6) is 2.51. The van der Waals surface area contributed by atoms with E-state index in [0.717, 1.165) is 4.31 Å². The van der Waals surface area contributed by atoms with Crippen molar-refractivity contribution < 1.29 is 17.9 Å². The largest absolute Gasteiger partial charge is 0.495 e. The van der Waals surface area contributed by atoms with E-state index in [0.29, 0.717) is 28.3 Å². The van der Waals surface area contributed by atoms with Gasteiger partial charge in [0.15, 0.2) is 0 Å². The number of ether oxygens (including phenoxy) is 1. The number of sulfonamides is 1. The number of nitrogens with one attached hydrogen (secondary N) is 1. The van der Waals surface area contributed by atoms with Crippen LogP contribution in [0, 0.1) is 19.3 Å². The van der Waals surface area contributed by atoms with Crippen LogP contribution in [0.1, 0.15) is 21.5 Å². The number of carbonyl (C=O) groups is 1. The predicted molar refractivity (Wildman–Crippen MR) is 122 cm³/mol. The molecule has 0 heterocycles. The molecule has 1 N–H and O–H groups in total. The van der Waals surface area contributed by atoms with Crippen LogP contribution in [0.4, 0.5) is 11.4 Å². The smallest absolute Gasteiger partial charge is 0.264 e. The summed E-state index contributed by atoms with van der Waals surface area (Å²) in [7, 11) is -1.02. The van der Waals surface area contributed by atoms with Crippen molar-refractivity contribution in [3.63, 3.8) is 0 Å². The molecule has 0 saturated carbocycles. The number of rotatable bonds is 6. The second-order valence-corrected chi connectivity index (χ2v) is 8.77. The summed E-state index contributed by atoms with van der Waals surface area (Å²) in [6.07, 6.45) is 5.41. The van der Waals surface area contributed by atoms with Gasteiger partial charge in [0.2, 0.25) is 0 Å². The maximum Gasteiger partial charge on any atom is 0.264 e. The molecule has 158 valence electrons. The Morgan fingerprint density at radius 1 is 1.06 bits per heavy atom. The second kappa shape index (κ2) is 8.94. The number of nitrogens with zero attached hydrogens (tertiary/aromatic N) is 1. The first-order valence-corrected chi connectivity index (χ1v) is 10.8. The molecular formula is C24H22N2O4S. The van der Waals surface area contributed by atoms with E-state index in [4.69, 9.17) is 11.2 Å². The maximum absolute atomic E-state index is 13.2. The number of benzene rings is 3. The minimum absolute atomic E-state index is 0.00553. The lowest BCUT2D eigenvalue weighted by atomic mass is 10.1. The fourth-order valence-electron chi connectivity index (χ4n) is 3.07. The molecule has 0 aliphatic carbocycles. The van der Waals surface area contributed by atoms with Crippen molar-refractivity contribution in [1.29, 1.82) is 0 Å². The molecule has 3 rings (SSSR count). The van der Waals surface area contributed by atoms with E-state index in [9.17, 15) is 13.2 Å². The van der Waals surface area contributed by atoms with Crippen LogP contribution in [0.2, 0.25) is 0 Å². The summed E-state index contributed by atoms with van der Waals surface area (Å²) in [6, 6.07) is 18.1. The van der Waals surface area contributed by atoms with Crippen LogP contribution < -0.4 is 14.4 Å². The van der Waals surface area contributed by atoms with Gasteiger partial charge in [0.1, 0.15) is 5.75 Å². The molecule has 0 spiro atoms. The molecule has 0 fully saturated rings. The molecule has 0 aliphatic rings. The highest BCUT2D eigenvalue weighted by Gasteiger charge is 2.25. The van der Waals surface area contributed by atoms with Crippen molar-refractivity contribution in [3.8, 4) is 18.1 Å². The van der Waals surface area contributed by atoms with Gasteiger partial charge in [-0.3, -0.25) is 9.10 Å². The third-order valence-corrected chi connectivity index (χ3v) is 6.59. The van der Waals surface area contributed by atoms with Crippen molar-refractivity contribution in [1.82, 2.24) is 0 Å². The molecule has 31 heavy (non-hydrogen) atoms. The van der Waals surface area contributed by atoms with E-state index in [1.165, 1.54) is 26.3 Å². The summed E-state index contributed by atoms with van der Waals surface area (Å²) < 4.78 is 32.9. The zero-order valence-electron chi connectivity index (χ0n) is 17.4. The van der Waals surface area contributed by atoms with E-state index in [1.807, 2.05) is 0 Å². The van der Waals surface area contributed by atoms with Gasteiger partial charge in [-0.15, -0.1) is 6.42 Å². The Hall–Kier alpha value is -3.76. The van der Waals surface area contributed by atoms with Crippen molar-refractivity contribution in [2.24, 2.45) is 0 Å². The monoisotopic (exact) mass is 434 g/mol. The molecule has 0 atom stereocenters. The number of anilines is 2. The highest BCUT2D eigenvalue weighted by atomic mass is 32.2. The number of hydrogen-bond acceptors (Lipinski definition) is 4. The number of terminal acetylenes is 1. The lowest BCUT2D eigenvalue weighted by Gasteiger charge is -2.22. The molecule has 0 radical (unpaired) electrons. The summed E-state index contributed by atoms with van der Waals surface area (Å²) in [4.78, 5) is 12.9. The van der Waals surface area contributed by atoms with Gasteiger partial charge in [-0.05, 0) is 55.0 Å². The fourth-order valence-corrected chi connectivity index (χ4v) is 4.30. The minimum Gasteiger partial charge on any atom is -0.495 e. The van der Waals surface area contributed by atoms with E-state index in [2.05, 4.69) is 11.2 Å². The predicted octanol–water partition coefficient (Wildman–Crippen LogP) is 4.06. The molecule has 0 aromatic heterocycles. The van der Waals surface area contributed by atoms with Gasteiger partial charge >= 0.3 is 0 Å². The van der Waals surface area contributed by atoms with Crippen LogP contribution in [0.5, 0.6) is 5.75 Å². The van der Waals surface area contributed by atoms with Crippen LogP contribution in [-0.2, 0) is 10.0 Å². The molecule has 7 heteroatoms. The van der Waals surface area contributed by atoms with Crippen molar-refractivity contribution >= 4 is 27.3 Å². The Labute approximate surface area is 182 Å². The molecule has 3 aromatic rings. The number of para-hydroxylation sites is 2. The van der Waals surface area contributed by atoms with Gasteiger partial charge in [-0.1, -0.05) is 30.2 Å². The molecule has 0 bridgehead atoms. The van der Waals surface area contributed by atoms with Gasteiger partial charge in [-0.25, -0.2) is 8.42 Å². The fraction of sp³-hybridized carbons (Fsp3) is 0.125. The third-order valence-electron chi connectivity index (χ3n) is 4.82. The third kappa shape index (κ3) is 4.55. The molecule has 3 aromatic carbocycles. The lowest BCUT2D eigenvalue weighted by Crippen LogP contribution is -2.27. The first kappa shape index (κ1) is 21.9. The Kier molecular flexibility index (Phi) is 6.33. The molecule has 1 amide bonds. The molecular weight excluding hydrogens is 412 g/mol. The number of amides is 1. The average Bonchev–Trinajstić information content (AvgIpc) is 2.78. The summed E-state index contributed by atoms with van der Waals surface area (Å²) in [6.45, 7) is 1.74. The van der Waals surface area contributed by atoms with Crippen LogP contribution in [0.15, 0.2) is 71.6 Å². The van der Waals surface area contributed by atoms with Crippen molar-refractivity contribution in [2.45, 2.75) is 11.8 Å². The molecule has 6 nitrogen and oxygen atoms in total. The maximum atomic E-state index is 13.2. The molecule has 0 aliphatic heterocycles. The normalized spacial score (nSPS) is 10.8. The van der Waals surface area contributed by atoms with Crippen LogP contribution in [0.3, 0.4) is 0 Å². The van der Waals surface area contributed by atoms with Gasteiger partial charge < -0.3 is 10.1 Å². The van der Waals surface area contributed by atoms with Crippen LogP contribution in [0.25, 0.3) is 0 Å². The highest BCUT2D eigenvalue weighted by molar-refractivity contribution is 7.92. The zero-order valence-corrected chi connectivity index (χ0v) is 18.2. The van der Waals surface area contributed by atoms with E-state index < -0.39 is 15.9 Å². The Morgan fingerprint density at radius 3 is 2.52 bits per heavy atom. The number of methoxy groups -OCH3 is 1. The average molecular weight is 435 g/mol. The number of carbonyl (C=O) groups excluding carboxylic acids is 1. The van der Waals surface area contributed by atoms with Gasteiger partial charge in [0, 0.05) is 23.9 Å². The van der Waals surface area contributed by atoms with Gasteiger partial charge in [0.25, 0.3) is 15.9 Å². The summed E-state index contributed by atoms with van der Waals surface area (Å²) in [5.41, 5.74) is 2.44. The van der Waals surface area contributed by atoms with Crippen LogP contribution >= 0.6 is 0 Å². The summed E-state index contributed by atoms with van der Waals surface area (Å²) in [5, 5.41) is 2.77. The number of aryl methyl sites for hydroxylation is 1. The first-order chi connectivity index (χ1) is 14.8. The molecule has 0 saturated heterocycles. The van der Waals surface area contributed by atoms with Crippen molar-refractivity contribution in [2.75, 3.05) is 23.8 Å². The Bertz CT molecular complexity index is 1280. The SMILES string of the molecule is C#Cc1cccc(NC(=O)c2cc(S(=O)(=O)N(C)c3ccccc3OC)ccc2C)c1. The lowest BCUT2D eigenvalue weighted by molar-refractivity contribution is 0.102. The number of hydrogen-bond donors (Lipinski definition) is 1. The Morgan fingerprint density at radius 2 is 1.81 bits per heavy atom. The van der Waals surface area contributed by atoms with Gasteiger partial charge in [0.05, 0.1) is 17.7 Å². The standard InChI is InChI=1S/C24H22N2O4S/c1-5-18-9-8-10-19(15-18)25-24(27)21-16-20(14-13-17(21)2)31(28,29)26(3)22-11-6-7-12-23(22)30-4/h1,6-16H,2-4H3,(H,25,27). The van der Waals surface area contributed by atoms with E-state index in [-0.39, 0.29) is 10.5 Å². The molecule has 0 unspecified atom stereocenters. The Balaban J connectivity index is 1.96. The highest BCUT2D eigenvalue weighted by Crippen LogP contribution is 2.31. The topological polar surface area (TPSA) is 75.7 Å². The van der Waals surface area contributed by atoms with E-state index in [1.54, 1.807) is 61.5 Å². The second-order valence-electron chi connectivity index (χ2n) is 6.80. The summed E-state index contributed by atoms with van der Waals surface area (Å²) >= 11 is 0. The quantitative estimate of drug-likeness (QED) is 0.594. The first-order valence-electron chi connectivity index (χ1n) is 9.38. The zero-order chi connectivity index (χ0) is 22.6. The minimum atomic E-state index is -3.93. The van der Waals surface area contributed by atoms with Gasteiger partial charge in [-0.2, -0.15) is 0 Å². The van der Waals surface area contributed by atoms with Crippen molar-refractivity contribution in [3.05, 3.63) is 83.4 Å².